The Kier molecular flexibility index (Phi) is 7.02. The fraction of sp³-hybridized carbons (Fsp3) is 0.472. The molecule has 1 fully saturated rings. The van der Waals surface area contributed by atoms with Gasteiger partial charge in [-0.05, 0) is 98.1 Å². The van der Waals surface area contributed by atoms with Crippen LogP contribution in [0, 0.1) is 5.92 Å². The Morgan fingerprint density at radius 3 is 2.20 bits per heavy atom. The Bertz CT molecular complexity index is 1740. The van der Waals surface area contributed by atoms with E-state index in [0.717, 1.165) is 34.5 Å². The van der Waals surface area contributed by atoms with Gasteiger partial charge in [0.05, 0.1) is 16.9 Å². The van der Waals surface area contributed by atoms with Gasteiger partial charge >= 0.3 is 0 Å². The molecule has 6 nitrogen and oxygen atoms in total. The number of hydrogen-bond acceptors (Lipinski definition) is 7. The molecule has 4 atom stereocenters. The average molecular weight is 660 g/mol. The summed E-state index contributed by atoms with van der Waals surface area (Å²) in [5.74, 6) is -0.132. The van der Waals surface area contributed by atoms with Gasteiger partial charge in [-0.15, -0.1) is 0 Å². The molecule has 1 aliphatic carbocycles. The fourth-order valence-electron chi connectivity index (χ4n) is 7.95. The van der Waals surface area contributed by atoms with E-state index in [1.807, 2.05) is 28.4 Å². The number of carbonyl (C=O) groups is 3. The molecule has 6 aliphatic rings. The van der Waals surface area contributed by atoms with E-state index in [9.17, 15) is 14.4 Å². The Labute approximate surface area is 279 Å². The number of carbonyl (C=O) groups excluding carboxylic acids is 3. The molecular weight excluding hydrogens is 619 g/mol. The molecule has 9 heteroatoms. The number of anilines is 2. The lowest BCUT2D eigenvalue weighted by molar-refractivity contribution is -0.145. The lowest BCUT2D eigenvalue weighted by Gasteiger charge is -2.55. The van der Waals surface area contributed by atoms with Crippen LogP contribution in [0.2, 0.25) is 0 Å². The second-order valence-electron chi connectivity index (χ2n) is 13.7. The number of hydrogen-bond donors (Lipinski definition) is 1. The van der Waals surface area contributed by atoms with Crippen LogP contribution < -0.4 is 10.2 Å². The topological polar surface area (TPSA) is 69.7 Å². The monoisotopic (exact) mass is 659 g/mol. The maximum absolute atomic E-state index is 14.9. The van der Waals surface area contributed by atoms with E-state index in [-0.39, 0.29) is 36.5 Å². The lowest BCUT2D eigenvalue weighted by Crippen LogP contribution is -2.65. The number of allylic oxidation sites excluding steroid dienone is 3. The van der Waals surface area contributed by atoms with Crippen molar-refractivity contribution in [2.75, 3.05) is 10.2 Å². The summed E-state index contributed by atoms with van der Waals surface area (Å²) < 4.78 is -0.450. The van der Waals surface area contributed by atoms with Crippen molar-refractivity contribution in [2.45, 2.75) is 103 Å². The van der Waals surface area contributed by atoms with E-state index >= 15 is 0 Å². The first-order chi connectivity index (χ1) is 21.2. The largest absolute Gasteiger partial charge is 0.355 e. The van der Waals surface area contributed by atoms with E-state index in [2.05, 4.69) is 79.9 Å². The fourth-order valence-corrected chi connectivity index (χ4v) is 13.3. The molecule has 236 valence electrons. The van der Waals surface area contributed by atoms with Gasteiger partial charge in [0, 0.05) is 38.7 Å². The molecule has 1 saturated heterocycles. The van der Waals surface area contributed by atoms with Crippen LogP contribution in [0.15, 0.2) is 55.6 Å². The first kappa shape index (κ1) is 31.0. The number of thioether (sulfide) groups is 3. The van der Waals surface area contributed by atoms with Gasteiger partial charge in [-0.1, -0.05) is 69.2 Å². The maximum atomic E-state index is 14.9. The van der Waals surface area contributed by atoms with Gasteiger partial charge in [0.15, 0.2) is 6.17 Å². The Morgan fingerprint density at radius 2 is 1.64 bits per heavy atom. The number of likely N-dealkylation sites (tertiary alicyclic amines) is 1. The normalized spacial score (nSPS) is 30.0. The summed E-state index contributed by atoms with van der Waals surface area (Å²) >= 11 is 5.53. The summed E-state index contributed by atoms with van der Waals surface area (Å²) in [6.07, 6.45) is 0.836. The molecule has 1 aromatic carbocycles. The van der Waals surface area contributed by atoms with Crippen molar-refractivity contribution in [1.82, 2.24) is 4.90 Å². The zero-order chi connectivity index (χ0) is 32.5. The van der Waals surface area contributed by atoms with Crippen LogP contribution in [0.25, 0.3) is 5.57 Å². The number of imide groups is 1. The Hall–Kier alpha value is -2.62. The van der Waals surface area contributed by atoms with E-state index in [1.54, 1.807) is 11.8 Å². The summed E-state index contributed by atoms with van der Waals surface area (Å²) in [5.41, 5.74) is 9.30. The zero-order valence-corrected chi connectivity index (χ0v) is 29.8. The molecule has 1 aromatic rings. The van der Waals surface area contributed by atoms with Gasteiger partial charge in [0.2, 0.25) is 11.8 Å². The number of nitrogens with one attached hydrogen (secondary N) is 1. The van der Waals surface area contributed by atoms with Crippen molar-refractivity contribution in [2.24, 2.45) is 5.92 Å². The van der Waals surface area contributed by atoms with Crippen LogP contribution in [-0.2, 0) is 20.8 Å². The number of nitrogens with zero attached hydrogens (tertiary/aromatic N) is 2. The van der Waals surface area contributed by atoms with Crippen LogP contribution in [-0.4, -0.2) is 38.4 Å². The molecule has 0 radical (unpaired) electrons. The number of benzene rings is 1. The van der Waals surface area contributed by atoms with E-state index in [0.29, 0.717) is 12.3 Å². The smallest absolute Gasteiger partial charge is 0.271 e. The molecule has 5 heterocycles. The van der Waals surface area contributed by atoms with Crippen LogP contribution in [0.1, 0.15) is 97.3 Å². The third-order valence-corrected chi connectivity index (χ3v) is 16.0. The van der Waals surface area contributed by atoms with E-state index in [1.165, 1.54) is 46.8 Å². The van der Waals surface area contributed by atoms with Gasteiger partial charge in [0.1, 0.15) is 4.08 Å². The van der Waals surface area contributed by atoms with Gasteiger partial charge in [-0.2, -0.15) is 0 Å². The van der Waals surface area contributed by atoms with Crippen LogP contribution in [0.5, 0.6) is 0 Å². The van der Waals surface area contributed by atoms with Crippen LogP contribution >= 0.6 is 35.3 Å². The molecule has 1 N–H and O–H groups in total. The third-order valence-electron chi connectivity index (χ3n) is 10.8. The Morgan fingerprint density at radius 1 is 1.04 bits per heavy atom. The first-order valence-electron chi connectivity index (χ1n) is 15.9. The van der Waals surface area contributed by atoms with Crippen molar-refractivity contribution < 1.29 is 14.4 Å². The molecule has 4 unspecified atom stereocenters. The van der Waals surface area contributed by atoms with Crippen LogP contribution in [0.3, 0.4) is 0 Å². The van der Waals surface area contributed by atoms with Gasteiger partial charge in [-0.3, -0.25) is 24.2 Å². The molecule has 0 bridgehead atoms. The van der Waals surface area contributed by atoms with Crippen molar-refractivity contribution in [3.63, 3.8) is 0 Å². The molecule has 5 aliphatic heterocycles. The SMILES string of the molecule is C=C(C)C1=C(C(=C)C)SC2(S1)C(C)=C(C)SC1=C2c2cc3c(c4c2N(C(=O)C(N2C(=O)CCC2=O)N4)C1(C)CC)C(C)C(C)C3. The predicted molar refractivity (Wildman–Crippen MR) is 190 cm³/mol. The average Bonchev–Trinajstić information content (AvgIpc) is 3.64. The highest BCUT2D eigenvalue weighted by Gasteiger charge is 2.60. The summed E-state index contributed by atoms with van der Waals surface area (Å²) in [6, 6.07) is 2.36. The van der Waals surface area contributed by atoms with Gasteiger partial charge in [-0.25, -0.2) is 0 Å². The minimum absolute atomic E-state index is 0.141. The quantitative estimate of drug-likeness (QED) is 0.324. The standard InChI is InChI=1S/C36H41N3O3S3/c1-11-35(10)32-27(36(20(8)21(9)43-32)44-30(16(2)3)31(45-36)17(4)5)23-15-22-14-18(6)19(7)26(22)28-29(23)39(35)34(42)33(37-28)38-24(40)12-13-25(38)41/h15,18-19,33,37H,2,4,11-14H2,1,3,5-10H3. The number of amides is 3. The summed E-state index contributed by atoms with van der Waals surface area (Å²) in [5, 5.41) is 3.55. The highest BCUT2D eigenvalue weighted by Crippen LogP contribution is 2.73. The molecule has 0 aromatic heterocycles. The van der Waals surface area contributed by atoms with E-state index < -0.39 is 15.8 Å². The van der Waals surface area contributed by atoms with Gasteiger partial charge in [0.25, 0.3) is 5.91 Å². The second-order valence-corrected chi connectivity index (χ2v) is 17.7. The molecule has 7 rings (SSSR count). The minimum Gasteiger partial charge on any atom is -0.355 e. The zero-order valence-electron chi connectivity index (χ0n) is 27.4. The van der Waals surface area contributed by atoms with E-state index in [4.69, 9.17) is 0 Å². The highest BCUT2D eigenvalue weighted by atomic mass is 32.2. The van der Waals surface area contributed by atoms with Crippen molar-refractivity contribution in [3.05, 3.63) is 72.3 Å². The summed E-state index contributed by atoms with van der Waals surface area (Å²) in [6.45, 7) is 26.2. The molecule has 3 amide bonds. The molecule has 0 saturated carbocycles. The molecule has 1 spiro atoms. The first-order valence-corrected chi connectivity index (χ1v) is 18.3. The minimum atomic E-state index is -1.06. The Balaban J connectivity index is 1.55. The van der Waals surface area contributed by atoms with Crippen molar-refractivity contribution >= 4 is 70.0 Å². The summed E-state index contributed by atoms with van der Waals surface area (Å²) in [7, 11) is 0. The highest BCUT2D eigenvalue weighted by molar-refractivity contribution is 8.26. The van der Waals surface area contributed by atoms with Crippen molar-refractivity contribution in [1.29, 1.82) is 0 Å². The lowest BCUT2D eigenvalue weighted by atomic mass is 9.78. The molecular formula is C36H41N3O3S3. The third kappa shape index (κ3) is 3.95. The summed E-state index contributed by atoms with van der Waals surface area (Å²) in [4.78, 5) is 49.0. The molecule has 45 heavy (non-hydrogen) atoms. The van der Waals surface area contributed by atoms with Crippen molar-refractivity contribution in [3.8, 4) is 0 Å². The van der Waals surface area contributed by atoms with Crippen LogP contribution in [0.4, 0.5) is 11.4 Å². The predicted octanol–water partition coefficient (Wildman–Crippen LogP) is 8.69. The number of rotatable bonds is 4. The second kappa shape index (κ2) is 10.2. The number of fused-ring (bicyclic) bond motifs is 4. The maximum Gasteiger partial charge on any atom is 0.271 e. The van der Waals surface area contributed by atoms with Gasteiger partial charge < -0.3 is 5.32 Å².